The smallest absolute Gasteiger partial charge is 0.168 e. The van der Waals surface area contributed by atoms with Crippen LogP contribution in [0.1, 0.15) is 29.6 Å². The number of nitrogens with zero attached hydrogens (tertiary/aromatic N) is 3. The second-order valence-corrected chi connectivity index (χ2v) is 8.30. The molecule has 0 amide bonds. The van der Waals surface area contributed by atoms with Gasteiger partial charge in [0.15, 0.2) is 15.6 Å². The molecule has 0 aliphatic carbocycles. The number of hydrogen-bond donors (Lipinski definition) is 1. The first-order valence-electron chi connectivity index (χ1n) is 7.79. The van der Waals surface area contributed by atoms with Gasteiger partial charge in [-0.25, -0.2) is 8.42 Å². The van der Waals surface area contributed by atoms with Gasteiger partial charge in [-0.15, -0.1) is 0 Å². The van der Waals surface area contributed by atoms with Crippen molar-refractivity contribution in [3.63, 3.8) is 0 Å². The summed E-state index contributed by atoms with van der Waals surface area (Å²) in [6.07, 6.45) is 4.01. The van der Waals surface area contributed by atoms with Gasteiger partial charge in [0, 0.05) is 32.6 Å². The predicted octanol–water partition coefficient (Wildman–Crippen LogP) is 0.313. The van der Waals surface area contributed by atoms with Crippen LogP contribution in [-0.2, 0) is 9.84 Å². The van der Waals surface area contributed by atoms with E-state index in [-0.39, 0.29) is 17.3 Å². The molecule has 7 nitrogen and oxygen atoms in total. The van der Waals surface area contributed by atoms with Crippen molar-refractivity contribution in [1.29, 1.82) is 0 Å². The summed E-state index contributed by atoms with van der Waals surface area (Å²) < 4.78 is 22.8. The van der Waals surface area contributed by atoms with Crippen molar-refractivity contribution in [1.82, 2.24) is 15.1 Å². The SMILES string of the molecule is O=C1CCCN(CCCN2CCS(=O)(=O)CC2)c2[nH]ncc21. The number of aromatic nitrogens is 2. The van der Waals surface area contributed by atoms with Crippen LogP contribution in [0.25, 0.3) is 0 Å². The van der Waals surface area contributed by atoms with Crippen LogP contribution in [0, 0.1) is 0 Å². The van der Waals surface area contributed by atoms with E-state index < -0.39 is 9.84 Å². The van der Waals surface area contributed by atoms with Crippen LogP contribution in [0.5, 0.6) is 0 Å². The Kier molecular flexibility index (Phi) is 4.49. The molecule has 22 heavy (non-hydrogen) atoms. The topological polar surface area (TPSA) is 86.4 Å². The van der Waals surface area contributed by atoms with Gasteiger partial charge in [-0.2, -0.15) is 5.10 Å². The van der Waals surface area contributed by atoms with Crippen molar-refractivity contribution in [3.05, 3.63) is 11.8 Å². The highest BCUT2D eigenvalue weighted by Crippen LogP contribution is 2.23. The van der Waals surface area contributed by atoms with Gasteiger partial charge >= 0.3 is 0 Å². The Morgan fingerprint density at radius 2 is 1.95 bits per heavy atom. The Balaban J connectivity index is 1.52. The summed E-state index contributed by atoms with van der Waals surface area (Å²) in [7, 11) is -2.81. The van der Waals surface area contributed by atoms with E-state index in [0.29, 0.717) is 25.1 Å². The molecule has 2 aliphatic heterocycles. The van der Waals surface area contributed by atoms with Crippen LogP contribution in [0.2, 0.25) is 0 Å². The van der Waals surface area contributed by atoms with Crippen LogP contribution in [0.15, 0.2) is 6.20 Å². The minimum Gasteiger partial charge on any atom is -0.356 e. The highest BCUT2D eigenvalue weighted by molar-refractivity contribution is 7.91. The molecule has 3 rings (SSSR count). The molecule has 1 N–H and O–H groups in total. The first kappa shape index (κ1) is 15.5. The summed E-state index contributed by atoms with van der Waals surface area (Å²) in [5, 5.41) is 6.93. The molecular formula is C14H22N4O3S. The normalized spacial score (nSPS) is 22.4. The molecule has 0 radical (unpaired) electrons. The number of fused-ring (bicyclic) bond motifs is 1. The lowest BCUT2D eigenvalue weighted by Gasteiger charge is -2.28. The van der Waals surface area contributed by atoms with Crippen molar-refractivity contribution < 1.29 is 13.2 Å². The van der Waals surface area contributed by atoms with Gasteiger partial charge < -0.3 is 9.80 Å². The van der Waals surface area contributed by atoms with E-state index in [1.54, 1.807) is 6.20 Å². The molecule has 3 heterocycles. The van der Waals surface area contributed by atoms with Gasteiger partial charge in [0.1, 0.15) is 5.82 Å². The first-order valence-corrected chi connectivity index (χ1v) is 9.61. The largest absolute Gasteiger partial charge is 0.356 e. The molecule has 1 saturated heterocycles. The van der Waals surface area contributed by atoms with E-state index in [0.717, 1.165) is 38.3 Å². The van der Waals surface area contributed by atoms with Crippen molar-refractivity contribution in [3.8, 4) is 0 Å². The fourth-order valence-electron chi connectivity index (χ4n) is 3.08. The molecule has 1 aromatic heterocycles. The number of nitrogens with one attached hydrogen (secondary N) is 1. The summed E-state index contributed by atoms with van der Waals surface area (Å²) in [5.74, 6) is 1.54. The predicted molar refractivity (Wildman–Crippen MR) is 84.1 cm³/mol. The molecule has 0 bridgehead atoms. The summed E-state index contributed by atoms with van der Waals surface area (Å²) in [5.41, 5.74) is 0.696. The van der Waals surface area contributed by atoms with Crippen molar-refractivity contribution in [2.24, 2.45) is 0 Å². The third-order valence-electron chi connectivity index (χ3n) is 4.41. The van der Waals surface area contributed by atoms with Gasteiger partial charge in [-0.1, -0.05) is 0 Å². The maximum Gasteiger partial charge on any atom is 0.168 e. The molecule has 1 aromatic rings. The molecule has 0 spiro atoms. The van der Waals surface area contributed by atoms with Crippen LogP contribution in [0.3, 0.4) is 0 Å². The fourth-order valence-corrected chi connectivity index (χ4v) is 4.36. The Labute approximate surface area is 130 Å². The standard InChI is InChI=1S/C14H22N4O3S/c19-13-3-1-5-18(14-12(13)11-15-16-14)6-2-4-17-7-9-22(20,21)10-8-17/h11H,1-10H2,(H,15,16). The van der Waals surface area contributed by atoms with E-state index in [1.165, 1.54) is 0 Å². The highest BCUT2D eigenvalue weighted by Gasteiger charge is 2.24. The van der Waals surface area contributed by atoms with Crippen molar-refractivity contribution in [2.45, 2.75) is 19.3 Å². The maximum atomic E-state index is 11.9. The number of rotatable bonds is 4. The summed E-state index contributed by atoms with van der Waals surface area (Å²) in [4.78, 5) is 16.3. The average molecular weight is 326 g/mol. The quantitative estimate of drug-likeness (QED) is 0.857. The third-order valence-corrected chi connectivity index (χ3v) is 6.02. The zero-order valence-corrected chi connectivity index (χ0v) is 13.4. The van der Waals surface area contributed by atoms with Crippen molar-refractivity contribution >= 4 is 21.4 Å². The van der Waals surface area contributed by atoms with Gasteiger partial charge in [-0.3, -0.25) is 9.89 Å². The molecule has 0 atom stereocenters. The van der Waals surface area contributed by atoms with Crippen LogP contribution >= 0.6 is 0 Å². The Morgan fingerprint density at radius 1 is 1.18 bits per heavy atom. The van der Waals surface area contributed by atoms with Gasteiger partial charge in [0.25, 0.3) is 0 Å². The Hall–Kier alpha value is -1.41. The van der Waals surface area contributed by atoms with Crippen molar-refractivity contribution in [2.75, 3.05) is 49.1 Å². The molecular weight excluding hydrogens is 304 g/mol. The molecule has 0 aromatic carbocycles. The molecule has 1 fully saturated rings. The van der Waals surface area contributed by atoms with Crippen LogP contribution in [-0.4, -0.2) is 73.5 Å². The van der Waals surface area contributed by atoms with E-state index in [2.05, 4.69) is 20.0 Å². The molecule has 0 unspecified atom stereocenters. The molecule has 2 aliphatic rings. The minimum atomic E-state index is -2.81. The average Bonchev–Trinajstić information content (AvgIpc) is 2.91. The lowest BCUT2D eigenvalue weighted by Crippen LogP contribution is -2.41. The Morgan fingerprint density at radius 3 is 2.73 bits per heavy atom. The van der Waals surface area contributed by atoms with E-state index in [9.17, 15) is 13.2 Å². The number of H-pyrrole nitrogens is 1. The second-order valence-electron chi connectivity index (χ2n) is 5.99. The first-order chi connectivity index (χ1) is 10.6. The number of carbonyl (C=O) groups excluding carboxylic acids is 1. The lowest BCUT2D eigenvalue weighted by molar-refractivity contribution is 0.0984. The number of ketones is 1. The second kappa shape index (κ2) is 6.37. The summed E-state index contributed by atoms with van der Waals surface area (Å²) in [6.45, 7) is 3.87. The maximum absolute atomic E-state index is 11.9. The monoisotopic (exact) mass is 326 g/mol. The molecule has 8 heteroatoms. The zero-order valence-electron chi connectivity index (χ0n) is 12.6. The van der Waals surface area contributed by atoms with Gasteiger partial charge in [-0.05, 0) is 19.4 Å². The number of Topliss-reactive ketones (excluding diaryl/α,β-unsaturated/α-hetero) is 1. The fraction of sp³-hybridized carbons (Fsp3) is 0.714. The van der Waals surface area contributed by atoms with Crippen LogP contribution in [0.4, 0.5) is 5.82 Å². The zero-order chi connectivity index (χ0) is 15.6. The summed E-state index contributed by atoms with van der Waals surface area (Å²) >= 11 is 0. The van der Waals surface area contributed by atoms with E-state index in [4.69, 9.17) is 0 Å². The Bertz CT molecular complexity index is 626. The molecule has 0 saturated carbocycles. The number of aromatic amines is 1. The third kappa shape index (κ3) is 3.49. The summed E-state index contributed by atoms with van der Waals surface area (Å²) in [6, 6.07) is 0. The lowest BCUT2D eigenvalue weighted by atomic mass is 10.1. The van der Waals surface area contributed by atoms with Gasteiger partial charge in [0.2, 0.25) is 0 Å². The highest BCUT2D eigenvalue weighted by atomic mass is 32.2. The minimum absolute atomic E-state index is 0.160. The van der Waals surface area contributed by atoms with Crippen LogP contribution < -0.4 is 4.90 Å². The van der Waals surface area contributed by atoms with E-state index >= 15 is 0 Å². The van der Waals surface area contributed by atoms with Gasteiger partial charge in [0.05, 0.1) is 23.3 Å². The number of carbonyl (C=O) groups is 1. The number of hydrogen-bond acceptors (Lipinski definition) is 6. The number of anilines is 1. The number of sulfone groups is 1. The molecule has 122 valence electrons. The van der Waals surface area contributed by atoms with E-state index in [1.807, 2.05) is 0 Å².